The van der Waals surface area contributed by atoms with Gasteiger partial charge in [0, 0.05) is 19.5 Å². The van der Waals surface area contributed by atoms with Crippen molar-refractivity contribution < 1.29 is 27.1 Å². The minimum atomic E-state index is -4.31. The van der Waals surface area contributed by atoms with Gasteiger partial charge in [-0.25, -0.2) is 12.8 Å². The molecule has 0 radical (unpaired) electrons. The summed E-state index contributed by atoms with van der Waals surface area (Å²) in [5.41, 5.74) is 2.70. The molecule has 0 fully saturated rings. The average molecular weight is 618 g/mol. The van der Waals surface area contributed by atoms with Gasteiger partial charge in [0.25, 0.3) is 10.0 Å². The molecule has 4 aromatic carbocycles. The van der Waals surface area contributed by atoms with Crippen LogP contribution < -0.4 is 14.4 Å². The number of nitrogens with one attached hydrogen (secondary N) is 1. The summed E-state index contributed by atoms with van der Waals surface area (Å²) in [7, 11) is -2.84. The summed E-state index contributed by atoms with van der Waals surface area (Å²) >= 11 is 0. The number of rotatable bonds is 13. The Morgan fingerprint density at radius 2 is 1.55 bits per heavy atom. The van der Waals surface area contributed by atoms with Crippen LogP contribution in [0.25, 0.3) is 0 Å². The predicted molar refractivity (Wildman–Crippen MR) is 168 cm³/mol. The van der Waals surface area contributed by atoms with Gasteiger partial charge in [-0.1, -0.05) is 60.2 Å². The number of sulfonamides is 1. The molecule has 1 atom stereocenters. The monoisotopic (exact) mass is 617 g/mol. The zero-order valence-corrected chi connectivity index (χ0v) is 25.8. The van der Waals surface area contributed by atoms with Crippen LogP contribution in [-0.2, 0) is 32.6 Å². The first kappa shape index (κ1) is 32.2. The van der Waals surface area contributed by atoms with E-state index < -0.39 is 34.3 Å². The van der Waals surface area contributed by atoms with Crippen LogP contribution in [-0.4, -0.2) is 51.4 Å². The molecule has 44 heavy (non-hydrogen) atoms. The molecule has 0 saturated carbocycles. The van der Waals surface area contributed by atoms with Gasteiger partial charge in [0.2, 0.25) is 11.8 Å². The third kappa shape index (κ3) is 8.02. The van der Waals surface area contributed by atoms with Crippen LogP contribution in [0.3, 0.4) is 0 Å². The predicted octanol–water partition coefficient (Wildman–Crippen LogP) is 5.11. The van der Waals surface area contributed by atoms with Gasteiger partial charge >= 0.3 is 0 Å². The molecule has 2 amide bonds. The Labute approximate surface area is 258 Å². The second-order valence-corrected chi connectivity index (χ2v) is 12.1. The maximum atomic E-state index is 14.3. The maximum absolute atomic E-state index is 14.3. The van der Waals surface area contributed by atoms with Crippen molar-refractivity contribution in [2.24, 2.45) is 0 Å². The lowest BCUT2D eigenvalue weighted by atomic mass is 10.0. The Balaban J connectivity index is 1.79. The van der Waals surface area contributed by atoms with Crippen LogP contribution in [0.4, 0.5) is 10.1 Å². The molecule has 1 N–H and O–H groups in total. The Bertz CT molecular complexity index is 1660. The number of methoxy groups -OCH3 is 1. The van der Waals surface area contributed by atoms with Gasteiger partial charge in [-0.2, -0.15) is 0 Å². The molecule has 8 nitrogen and oxygen atoms in total. The first-order chi connectivity index (χ1) is 21.1. The highest BCUT2D eigenvalue weighted by Crippen LogP contribution is 2.26. The molecule has 0 aliphatic heterocycles. The standard InChI is InChI=1S/C34H36FN3O5S/c1-4-36-34(40)32(22-26-10-6-5-7-11-26)37(23-27-12-8-9-25(2)21-27)33(39)24-38(29-15-13-28(35)14-16-29)44(41,42)31-19-17-30(43-3)18-20-31/h5-21,32H,4,22-24H2,1-3H3,(H,36,40)/t32-/m1/s1. The molecule has 4 rings (SSSR count). The van der Waals surface area contributed by atoms with E-state index in [9.17, 15) is 22.4 Å². The third-order valence-corrected chi connectivity index (χ3v) is 8.89. The lowest BCUT2D eigenvalue weighted by Gasteiger charge is -2.34. The minimum absolute atomic E-state index is 0.0645. The van der Waals surface area contributed by atoms with E-state index in [1.807, 2.05) is 61.5 Å². The number of hydrogen-bond acceptors (Lipinski definition) is 5. The van der Waals surface area contributed by atoms with E-state index >= 15 is 0 Å². The highest BCUT2D eigenvalue weighted by molar-refractivity contribution is 7.92. The minimum Gasteiger partial charge on any atom is -0.497 e. The van der Waals surface area contributed by atoms with Crippen molar-refractivity contribution in [1.82, 2.24) is 10.2 Å². The number of carbonyl (C=O) groups excluding carboxylic acids is 2. The maximum Gasteiger partial charge on any atom is 0.264 e. The van der Waals surface area contributed by atoms with E-state index in [-0.39, 0.29) is 29.5 Å². The number of halogens is 1. The Kier molecular flexibility index (Phi) is 10.7. The van der Waals surface area contributed by atoms with Crippen LogP contribution in [0.2, 0.25) is 0 Å². The second-order valence-electron chi connectivity index (χ2n) is 10.3. The number of likely N-dealkylation sites (N-methyl/N-ethyl adjacent to an activating group) is 1. The number of carbonyl (C=O) groups is 2. The molecule has 4 aromatic rings. The SMILES string of the molecule is CCNC(=O)[C@@H](Cc1ccccc1)N(Cc1cccc(C)c1)C(=O)CN(c1ccc(F)cc1)S(=O)(=O)c1ccc(OC)cc1. The van der Waals surface area contributed by atoms with Gasteiger partial charge in [-0.3, -0.25) is 13.9 Å². The quantitative estimate of drug-likeness (QED) is 0.225. The lowest BCUT2D eigenvalue weighted by molar-refractivity contribution is -0.140. The number of benzene rings is 4. The van der Waals surface area contributed by atoms with E-state index in [0.717, 1.165) is 33.1 Å². The highest BCUT2D eigenvalue weighted by atomic mass is 32.2. The Morgan fingerprint density at radius 3 is 2.16 bits per heavy atom. The summed E-state index contributed by atoms with van der Waals surface area (Å²) in [6.45, 7) is 3.51. The van der Waals surface area contributed by atoms with Crippen molar-refractivity contribution in [2.45, 2.75) is 37.8 Å². The van der Waals surface area contributed by atoms with E-state index in [1.54, 1.807) is 6.92 Å². The van der Waals surface area contributed by atoms with E-state index in [1.165, 1.54) is 48.4 Å². The molecule has 0 aliphatic carbocycles. The topological polar surface area (TPSA) is 96.0 Å². The number of anilines is 1. The molecule has 0 spiro atoms. The van der Waals surface area contributed by atoms with Gasteiger partial charge < -0.3 is 15.0 Å². The fraction of sp³-hybridized carbons (Fsp3) is 0.235. The van der Waals surface area contributed by atoms with E-state index in [2.05, 4.69) is 5.32 Å². The van der Waals surface area contributed by atoms with Gasteiger partial charge in [-0.15, -0.1) is 0 Å². The first-order valence-corrected chi connectivity index (χ1v) is 15.7. The van der Waals surface area contributed by atoms with Crippen LogP contribution in [0, 0.1) is 12.7 Å². The average Bonchev–Trinajstić information content (AvgIpc) is 3.02. The molecule has 0 saturated heterocycles. The van der Waals surface area contributed by atoms with Crippen molar-refractivity contribution in [3.63, 3.8) is 0 Å². The summed E-state index contributed by atoms with van der Waals surface area (Å²) in [6.07, 6.45) is 0.214. The molecule has 10 heteroatoms. The lowest BCUT2D eigenvalue weighted by Crippen LogP contribution is -2.53. The van der Waals surface area contributed by atoms with Crippen molar-refractivity contribution >= 4 is 27.5 Å². The molecule has 0 unspecified atom stereocenters. The van der Waals surface area contributed by atoms with Crippen LogP contribution in [0.15, 0.2) is 108 Å². The zero-order chi connectivity index (χ0) is 31.7. The van der Waals surface area contributed by atoms with E-state index in [0.29, 0.717) is 12.3 Å². The van der Waals surface area contributed by atoms with Crippen LogP contribution >= 0.6 is 0 Å². The zero-order valence-electron chi connectivity index (χ0n) is 24.9. The van der Waals surface area contributed by atoms with Crippen LogP contribution in [0.1, 0.15) is 23.6 Å². The normalized spacial score (nSPS) is 11.8. The van der Waals surface area contributed by atoms with Crippen molar-refractivity contribution in [3.05, 3.63) is 126 Å². The summed E-state index contributed by atoms with van der Waals surface area (Å²) < 4.78 is 48.0. The summed E-state index contributed by atoms with van der Waals surface area (Å²) in [5.74, 6) is -1.05. The first-order valence-electron chi connectivity index (χ1n) is 14.2. The molecule has 0 heterocycles. The van der Waals surface area contributed by atoms with Gasteiger partial charge in [-0.05, 0) is 73.5 Å². The summed E-state index contributed by atoms with van der Waals surface area (Å²) in [5, 5.41) is 2.84. The molecule has 0 aromatic heterocycles. The highest BCUT2D eigenvalue weighted by Gasteiger charge is 2.34. The third-order valence-electron chi connectivity index (χ3n) is 7.10. The smallest absolute Gasteiger partial charge is 0.264 e. The van der Waals surface area contributed by atoms with Gasteiger partial charge in [0.1, 0.15) is 24.2 Å². The number of amides is 2. The molecule has 0 bridgehead atoms. The fourth-order valence-corrected chi connectivity index (χ4v) is 6.28. The largest absolute Gasteiger partial charge is 0.497 e. The molecule has 230 valence electrons. The van der Waals surface area contributed by atoms with Gasteiger partial charge in [0.05, 0.1) is 17.7 Å². The molecular weight excluding hydrogens is 581 g/mol. The fourth-order valence-electron chi connectivity index (χ4n) is 4.86. The summed E-state index contributed by atoms with van der Waals surface area (Å²) in [6, 6.07) is 26.6. The molecule has 0 aliphatic rings. The Morgan fingerprint density at radius 1 is 0.886 bits per heavy atom. The second kappa shape index (κ2) is 14.7. The van der Waals surface area contributed by atoms with Crippen molar-refractivity contribution in [3.8, 4) is 5.75 Å². The Hall–Kier alpha value is -4.70. The summed E-state index contributed by atoms with van der Waals surface area (Å²) in [4.78, 5) is 29.2. The van der Waals surface area contributed by atoms with Crippen molar-refractivity contribution in [2.75, 3.05) is 24.5 Å². The van der Waals surface area contributed by atoms with Gasteiger partial charge in [0.15, 0.2) is 0 Å². The number of nitrogens with zero attached hydrogens (tertiary/aromatic N) is 2. The number of hydrogen-bond donors (Lipinski definition) is 1. The van der Waals surface area contributed by atoms with Crippen LogP contribution in [0.5, 0.6) is 5.75 Å². The van der Waals surface area contributed by atoms with E-state index in [4.69, 9.17) is 4.74 Å². The molecular formula is C34H36FN3O5S. The van der Waals surface area contributed by atoms with Crippen molar-refractivity contribution in [1.29, 1.82) is 0 Å². The number of aryl methyl sites for hydroxylation is 1. The number of ether oxygens (including phenoxy) is 1.